The Bertz CT molecular complexity index is 1040. The number of para-hydroxylation sites is 1. The Balaban J connectivity index is 1.40. The van der Waals surface area contributed by atoms with E-state index in [9.17, 15) is 14.4 Å². The van der Waals surface area contributed by atoms with Crippen molar-refractivity contribution in [3.8, 4) is 0 Å². The number of esters is 2. The molecule has 1 fully saturated rings. The molecular formula is C21H19NO6S. The van der Waals surface area contributed by atoms with Gasteiger partial charge < -0.3 is 19.2 Å². The molecular weight excluding hydrogens is 394 g/mol. The molecule has 1 amide bonds. The molecule has 1 saturated carbocycles. The molecule has 0 aliphatic heterocycles. The minimum Gasteiger partial charge on any atom is -0.462 e. The normalized spacial score (nSPS) is 13.3. The number of nitrogens with one attached hydrogen (secondary N) is 1. The zero-order valence-electron chi connectivity index (χ0n) is 15.7. The molecule has 2 heterocycles. The second-order valence-corrected chi connectivity index (χ2v) is 7.54. The predicted molar refractivity (Wildman–Crippen MR) is 107 cm³/mol. The van der Waals surface area contributed by atoms with Gasteiger partial charge in [0.2, 0.25) is 5.76 Å². The molecule has 0 atom stereocenters. The number of amides is 1. The van der Waals surface area contributed by atoms with E-state index in [1.807, 2.05) is 17.5 Å². The Morgan fingerprint density at radius 2 is 1.97 bits per heavy atom. The van der Waals surface area contributed by atoms with Crippen molar-refractivity contribution in [2.45, 2.75) is 25.7 Å². The van der Waals surface area contributed by atoms with Gasteiger partial charge in [-0.15, -0.1) is 11.3 Å². The Kier molecular flexibility index (Phi) is 5.35. The van der Waals surface area contributed by atoms with Gasteiger partial charge in [-0.1, -0.05) is 18.2 Å². The van der Waals surface area contributed by atoms with Crippen LogP contribution in [0.3, 0.4) is 0 Å². The van der Waals surface area contributed by atoms with Crippen LogP contribution in [0.1, 0.15) is 52.2 Å². The quantitative estimate of drug-likeness (QED) is 0.579. The van der Waals surface area contributed by atoms with Crippen LogP contribution in [0.25, 0.3) is 11.0 Å². The fraction of sp³-hybridized carbons (Fsp3) is 0.286. The monoisotopic (exact) mass is 413 g/mol. The number of hydrogen-bond donors (Lipinski definition) is 1. The van der Waals surface area contributed by atoms with E-state index in [1.54, 1.807) is 25.1 Å². The van der Waals surface area contributed by atoms with Gasteiger partial charge in [0.05, 0.1) is 12.2 Å². The summed E-state index contributed by atoms with van der Waals surface area (Å²) < 4.78 is 15.6. The van der Waals surface area contributed by atoms with E-state index in [-0.39, 0.29) is 12.4 Å². The van der Waals surface area contributed by atoms with Crippen molar-refractivity contribution in [2.24, 2.45) is 0 Å². The fourth-order valence-electron chi connectivity index (χ4n) is 3.02. The highest BCUT2D eigenvalue weighted by atomic mass is 32.1. The standard InChI is InChI=1S/C21H19NO6S/c1-2-26-21(25)18-14(12-7-8-12)11-29-19(18)22-17(23)10-27-20(24)16-9-13-5-3-4-6-15(13)28-16/h3-6,9,11-12H,2,7-8,10H2,1H3,(H,22,23). The molecule has 0 radical (unpaired) electrons. The van der Waals surface area contributed by atoms with Crippen LogP contribution in [0.2, 0.25) is 0 Å². The van der Waals surface area contributed by atoms with Crippen LogP contribution < -0.4 is 5.32 Å². The second kappa shape index (κ2) is 8.08. The topological polar surface area (TPSA) is 94.8 Å². The lowest BCUT2D eigenvalue weighted by atomic mass is 10.1. The average molecular weight is 413 g/mol. The number of furan rings is 1. The molecule has 1 aliphatic rings. The van der Waals surface area contributed by atoms with Gasteiger partial charge in [-0.25, -0.2) is 9.59 Å². The van der Waals surface area contributed by atoms with E-state index < -0.39 is 24.5 Å². The number of carbonyl (C=O) groups excluding carboxylic acids is 3. The average Bonchev–Trinajstić information content (AvgIpc) is 3.32. The van der Waals surface area contributed by atoms with Crippen LogP contribution in [0.4, 0.5) is 5.00 Å². The molecule has 29 heavy (non-hydrogen) atoms. The molecule has 1 N–H and O–H groups in total. The zero-order valence-corrected chi connectivity index (χ0v) is 16.5. The molecule has 2 aromatic heterocycles. The maximum atomic E-state index is 12.3. The van der Waals surface area contributed by atoms with Crippen molar-refractivity contribution >= 4 is 45.2 Å². The third-order valence-corrected chi connectivity index (χ3v) is 5.44. The number of benzene rings is 1. The lowest BCUT2D eigenvalue weighted by Crippen LogP contribution is -2.21. The number of thiophene rings is 1. The van der Waals surface area contributed by atoms with Gasteiger partial charge in [-0.05, 0) is 48.8 Å². The smallest absolute Gasteiger partial charge is 0.374 e. The number of fused-ring (bicyclic) bond motifs is 1. The van der Waals surface area contributed by atoms with Crippen LogP contribution >= 0.6 is 11.3 Å². The first-order valence-electron chi connectivity index (χ1n) is 9.31. The summed E-state index contributed by atoms with van der Waals surface area (Å²) >= 11 is 1.27. The maximum absolute atomic E-state index is 12.3. The van der Waals surface area contributed by atoms with Crippen molar-refractivity contribution in [3.05, 3.63) is 52.6 Å². The molecule has 3 aromatic rings. The van der Waals surface area contributed by atoms with E-state index in [0.29, 0.717) is 22.1 Å². The Morgan fingerprint density at radius 3 is 2.69 bits per heavy atom. The largest absolute Gasteiger partial charge is 0.462 e. The summed E-state index contributed by atoms with van der Waals surface area (Å²) in [5.74, 6) is -1.36. The third-order valence-electron chi connectivity index (χ3n) is 4.53. The Morgan fingerprint density at radius 1 is 1.17 bits per heavy atom. The Labute approximate surface area is 170 Å². The molecule has 0 saturated heterocycles. The molecule has 4 rings (SSSR count). The first-order chi connectivity index (χ1) is 14.1. The van der Waals surface area contributed by atoms with Crippen LogP contribution in [0.15, 0.2) is 40.1 Å². The van der Waals surface area contributed by atoms with Gasteiger partial charge in [-0.3, -0.25) is 4.79 Å². The molecule has 0 spiro atoms. The van der Waals surface area contributed by atoms with Gasteiger partial charge in [0.15, 0.2) is 6.61 Å². The van der Waals surface area contributed by atoms with E-state index >= 15 is 0 Å². The van der Waals surface area contributed by atoms with E-state index in [0.717, 1.165) is 23.8 Å². The molecule has 1 aromatic carbocycles. The van der Waals surface area contributed by atoms with Gasteiger partial charge in [0, 0.05) is 5.39 Å². The SMILES string of the molecule is CCOC(=O)c1c(C2CC2)csc1NC(=O)COC(=O)c1cc2ccccc2o1. The molecule has 150 valence electrons. The van der Waals surface area contributed by atoms with Gasteiger partial charge in [0.25, 0.3) is 5.91 Å². The highest BCUT2D eigenvalue weighted by Gasteiger charge is 2.32. The van der Waals surface area contributed by atoms with Crippen LogP contribution in [0.5, 0.6) is 0 Å². The molecule has 1 aliphatic carbocycles. The van der Waals surface area contributed by atoms with Gasteiger partial charge in [0.1, 0.15) is 10.6 Å². The third kappa shape index (κ3) is 4.17. The lowest BCUT2D eigenvalue weighted by molar-refractivity contribution is -0.119. The second-order valence-electron chi connectivity index (χ2n) is 6.66. The van der Waals surface area contributed by atoms with Crippen molar-refractivity contribution < 1.29 is 28.3 Å². The summed E-state index contributed by atoms with van der Waals surface area (Å²) in [6.45, 7) is 1.49. The van der Waals surface area contributed by atoms with Crippen molar-refractivity contribution in [3.63, 3.8) is 0 Å². The number of anilines is 1. The van der Waals surface area contributed by atoms with Crippen molar-refractivity contribution in [1.29, 1.82) is 0 Å². The van der Waals surface area contributed by atoms with Crippen LogP contribution in [-0.2, 0) is 14.3 Å². The zero-order chi connectivity index (χ0) is 20.4. The molecule has 0 bridgehead atoms. The van der Waals surface area contributed by atoms with E-state index in [4.69, 9.17) is 13.9 Å². The van der Waals surface area contributed by atoms with Gasteiger partial charge in [-0.2, -0.15) is 0 Å². The summed E-state index contributed by atoms with van der Waals surface area (Å²) in [5.41, 5.74) is 1.87. The minimum absolute atomic E-state index is 0.0263. The summed E-state index contributed by atoms with van der Waals surface area (Å²) in [6, 6.07) is 8.75. The molecule has 7 nitrogen and oxygen atoms in total. The minimum atomic E-state index is -0.730. The van der Waals surface area contributed by atoms with Crippen molar-refractivity contribution in [2.75, 3.05) is 18.5 Å². The highest BCUT2D eigenvalue weighted by Crippen LogP contribution is 2.46. The van der Waals surface area contributed by atoms with Crippen LogP contribution in [-0.4, -0.2) is 31.1 Å². The number of ether oxygens (including phenoxy) is 2. The number of rotatable bonds is 7. The number of hydrogen-bond acceptors (Lipinski definition) is 7. The molecule has 0 unspecified atom stereocenters. The summed E-state index contributed by atoms with van der Waals surface area (Å²) in [4.78, 5) is 36.8. The van der Waals surface area contributed by atoms with Crippen molar-refractivity contribution in [1.82, 2.24) is 0 Å². The summed E-state index contributed by atoms with van der Waals surface area (Å²) in [7, 11) is 0. The first-order valence-corrected chi connectivity index (χ1v) is 10.2. The maximum Gasteiger partial charge on any atom is 0.374 e. The molecule has 8 heteroatoms. The summed E-state index contributed by atoms with van der Waals surface area (Å²) in [6.07, 6.45) is 2.04. The van der Waals surface area contributed by atoms with Gasteiger partial charge >= 0.3 is 11.9 Å². The van der Waals surface area contributed by atoms with Crippen LogP contribution in [0, 0.1) is 0 Å². The summed E-state index contributed by atoms with van der Waals surface area (Å²) in [5, 5.41) is 5.72. The predicted octanol–water partition coefficient (Wildman–Crippen LogP) is 4.34. The fourth-order valence-corrected chi connectivity index (χ4v) is 4.07. The van der Waals surface area contributed by atoms with E-state index in [1.165, 1.54) is 11.3 Å². The highest BCUT2D eigenvalue weighted by molar-refractivity contribution is 7.15. The first kappa shape index (κ1) is 19.2. The van der Waals surface area contributed by atoms with E-state index in [2.05, 4.69) is 5.32 Å². The number of carbonyl (C=O) groups is 3. The lowest BCUT2D eigenvalue weighted by Gasteiger charge is -2.08. The Hall–Kier alpha value is -3.13.